The van der Waals surface area contributed by atoms with Gasteiger partial charge in [-0.1, -0.05) is 24.3 Å². The number of fused-ring (bicyclic) bond motifs is 1. The molecule has 21 heavy (non-hydrogen) atoms. The highest BCUT2D eigenvalue weighted by Crippen LogP contribution is 2.24. The van der Waals surface area contributed by atoms with Crippen LogP contribution < -0.4 is 14.8 Å². The lowest BCUT2D eigenvalue weighted by Crippen LogP contribution is -2.53. The Morgan fingerprint density at radius 2 is 1.95 bits per heavy atom. The summed E-state index contributed by atoms with van der Waals surface area (Å²) in [6.07, 6.45) is 3.92. The van der Waals surface area contributed by atoms with Gasteiger partial charge in [0, 0.05) is 10.2 Å². The summed E-state index contributed by atoms with van der Waals surface area (Å²) in [5, 5.41) is 0. The highest BCUT2D eigenvalue weighted by molar-refractivity contribution is 6.77. The standard InChI is InChI=1S/C18H22BN2/c1-13-10-18(20(5)12-14(13)2)21-15(3)11-16-8-6-7-9-17(16)19(21)4/h6-12H,1-5H3/q+1/i2D3. The summed E-state index contributed by atoms with van der Waals surface area (Å²) >= 11 is 0. The molecule has 0 saturated heterocycles. The molecule has 1 aromatic heterocycles. The molecule has 0 fully saturated rings. The van der Waals surface area contributed by atoms with E-state index in [4.69, 9.17) is 4.11 Å². The highest BCUT2D eigenvalue weighted by Gasteiger charge is 2.36. The van der Waals surface area contributed by atoms with Gasteiger partial charge in [0.05, 0.1) is 18.9 Å². The normalized spacial score (nSPS) is 16.8. The van der Waals surface area contributed by atoms with Gasteiger partial charge in [-0.2, -0.15) is 0 Å². The van der Waals surface area contributed by atoms with E-state index >= 15 is 0 Å². The number of pyridine rings is 1. The molecule has 0 radical (unpaired) electrons. The van der Waals surface area contributed by atoms with Gasteiger partial charge in [0.15, 0.2) is 0 Å². The van der Waals surface area contributed by atoms with Crippen molar-refractivity contribution in [1.82, 2.24) is 0 Å². The molecule has 0 unspecified atom stereocenters. The number of benzene rings is 1. The van der Waals surface area contributed by atoms with Gasteiger partial charge in [0.25, 0.3) is 5.82 Å². The Hall–Kier alpha value is -2.03. The molecule has 3 rings (SSSR count). The fraction of sp³-hybridized carbons (Fsp3) is 0.278. The molecule has 1 aliphatic heterocycles. The molecule has 0 spiro atoms. The molecule has 0 saturated carbocycles. The van der Waals surface area contributed by atoms with Crippen LogP contribution >= 0.6 is 0 Å². The van der Waals surface area contributed by atoms with Crippen LogP contribution in [0, 0.1) is 13.8 Å². The smallest absolute Gasteiger partial charge is 0.290 e. The Balaban J connectivity index is 2.12. The van der Waals surface area contributed by atoms with Crippen molar-refractivity contribution in [3.8, 4) is 0 Å². The van der Waals surface area contributed by atoms with E-state index in [1.165, 1.54) is 11.0 Å². The number of hydrogen-bond acceptors (Lipinski definition) is 1. The van der Waals surface area contributed by atoms with Crippen LogP contribution in [0.2, 0.25) is 6.82 Å². The van der Waals surface area contributed by atoms with Crippen LogP contribution in [0.1, 0.15) is 27.7 Å². The van der Waals surface area contributed by atoms with Crippen LogP contribution in [-0.2, 0) is 7.05 Å². The van der Waals surface area contributed by atoms with Crippen LogP contribution in [-0.4, -0.2) is 6.85 Å². The van der Waals surface area contributed by atoms with Crippen LogP contribution in [0.15, 0.2) is 42.2 Å². The van der Waals surface area contributed by atoms with E-state index < -0.39 is 6.85 Å². The number of rotatable bonds is 1. The van der Waals surface area contributed by atoms with Gasteiger partial charge >= 0.3 is 6.85 Å². The Morgan fingerprint density at radius 3 is 2.71 bits per heavy atom. The summed E-state index contributed by atoms with van der Waals surface area (Å²) in [5.41, 5.74) is 4.87. The van der Waals surface area contributed by atoms with Gasteiger partial charge in [-0.15, -0.1) is 0 Å². The zero-order chi connectivity index (χ0) is 17.6. The number of nitrogens with zero attached hydrogens (tertiary/aromatic N) is 2. The Labute approximate surface area is 132 Å². The first-order valence-electron chi connectivity index (χ1n) is 8.77. The van der Waals surface area contributed by atoms with E-state index in [2.05, 4.69) is 48.9 Å². The van der Waals surface area contributed by atoms with Crippen LogP contribution in [0.5, 0.6) is 0 Å². The third-order valence-electron chi connectivity index (χ3n) is 4.28. The van der Waals surface area contributed by atoms with Crippen molar-refractivity contribution >= 4 is 24.2 Å². The number of aromatic nitrogens is 1. The van der Waals surface area contributed by atoms with Crippen LogP contribution in [0.25, 0.3) is 6.08 Å². The molecule has 2 aromatic rings. The van der Waals surface area contributed by atoms with Crippen molar-refractivity contribution in [1.29, 1.82) is 0 Å². The molecule has 0 N–H and O–H groups in total. The van der Waals surface area contributed by atoms with E-state index in [1.54, 1.807) is 6.20 Å². The summed E-state index contributed by atoms with van der Waals surface area (Å²) in [7, 11) is 1.91. The van der Waals surface area contributed by atoms with Gasteiger partial charge in [0.2, 0.25) is 0 Å². The Morgan fingerprint density at radius 1 is 1.19 bits per heavy atom. The van der Waals surface area contributed by atoms with Crippen molar-refractivity contribution in [2.45, 2.75) is 27.5 Å². The minimum atomic E-state index is -2.09. The second-order valence-electron chi connectivity index (χ2n) is 5.80. The highest BCUT2D eigenvalue weighted by atomic mass is 15.2. The van der Waals surface area contributed by atoms with Crippen LogP contribution in [0.3, 0.4) is 0 Å². The predicted molar refractivity (Wildman–Crippen MR) is 90.9 cm³/mol. The Kier molecular flexibility index (Phi) is 2.57. The predicted octanol–water partition coefficient (Wildman–Crippen LogP) is 2.84. The number of aryl methyl sites for hydroxylation is 3. The molecule has 1 aliphatic rings. The molecule has 0 bridgehead atoms. The van der Waals surface area contributed by atoms with E-state index in [9.17, 15) is 0 Å². The summed E-state index contributed by atoms with van der Waals surface area (Å²) in [6.45, 7) is 4.25. The lowest BCUT2D eigenvalue weighted by Gasteiger charge is -2.28. The zero-order valence-corrected chi connectivity index (χ0v) is 13.0. The quantitative estimate of drug-likeness (QED) is 0.575. The molecule has 0 atom stereocenters. The second-order valence-corrected chi connectivity index (χ2v) is 5.80. The first kappa shape index (κ1) is 10.7. The molecule has 0 amide bonds. The summed E-state index contributed by atoms with van der Waals surface area (Å²) in [6, 6.07) is 10.4. The summed E-state index contributed by atoms with van der Waals surface area (Å²) in [4.78, 5) is 2.26. The summed E-state index contributed by atoms with van der Waals surface area (Å²) in [5.74, 6) is 0.997. The largest absolute Gasteiger partial charge is 0.409 e. The molecular weight excluding hydrogens is 255 g/mol. The molecular formula is C18H22BN2+. The minimum absolute atomic E-state index is 0.190. The van der Waals surface area contributed by atoms with Crippen molar-refractivity contribution < 1.29 is 8.68 Å². The molecule has 106 valence electrons. The lowest BCUT2D eigenvalue weighted by atomic mass is 9.53. The maximum Gasteiger partial charge on any atom is 0.409 e. The van der Waals surface area contributed by atoms with Gasteiger partial charge in [0.1, 0.15) is 0 Å². The van der Waals surface area contributed by atoms with Crippen LogP contribution in [0.4, 0.5) is 5.82 Å². The third kappa shape index (κ3) is 2.27. The zero-order valence-electron chi connectivity index (χ0n) is 16.0. The second kappa shape index (κ2) is 5.07. The molecule has 3 heteroatoms. The van der Waals surface area contributed by atoms with Crippen molar-refractivity contribution in [2.24, 2.45) is 7.05 Å². The van der Waals surface area contributed by atoms with Crippen molar-refractivity contribution in [2.75, 3.05) is 4.81 Å². The monoisotopic (exact) mass is 280 g/mol. The fourth-order valence-corrected chi connectivity index (χ4v) is 3.12. The minimum Gasteiger partial charge on any atom is -0.290 e. The maximum absolute atomic E-state index is 7.70. The van der Waals surface area contributed by atoms with E-state index in [0.29, 0.717) is 5.56 Å². The number of hydrogen-bond donors (Lipinski definition) is 0. The topological polar surface area (TPSA) is 7.12 Å². The third-order valence-corrected chi connectivity index (χ3v) is 4.28. The first-order chi connectivity index (χ1) is 11.2. The summed E-state index contributed by atoms with van der Waals surface area (Å²) < 4.78 is 25.0. The average Bonchev–Trinajstić information content (AvgIpc) is 2.49. The molecule has 0 aliphatic carbocycles. The number of allylic oxidation sites excluding steroid dienone is 1. The van der Waals surface area contributed by atoms with E-state index in [1.807, 2.05) is 24.6 Å². The maximum atomic E-state index is 7.70. The van der Waals surface area contributed by atoms with Crippen molar-refractivity contribution in [3.05, 3.63) is 58.9 Å². The molecule has 2 nitrogen and oxygen atoms in total. The molecule has 2 heterocycles. The van der Waals surface area contributed by atoms with E-state index in [0.717, 1.165) is 17.1 Å². The fourth-order valence-electron chi connectivity index (χ4n) is 3.12. The van der Waals surface area contributed by atoms with Gasteiger partial charge in [-0.25, -0.2) is 4.57 Å². The SMILES string of the molecule is [2H]C([2H])([2H])c1c[n+](C)c(N2B(C)c3ccccc3C=C2C)cc1C. The average molecular weight is 280 g/mol. The van der Waals surface area contributed by atoms with E-state index in [-0.39, 0.29) is 6.85 Å². The molecule has 1 aromatic carbocycles. The number of anilines is 1. The Bertz CT molecular complexity index is 827. The van der Waals surface area contributed by atoms with Gasteiger partial charge < -0.3 is 0 Å². The first-order valence-corrected chi connectivity index (χ1v) is 7.27. The van der Waals surface area contributed by atoms with Gasteiger partial charge in [-0.3, -0.25) is 4.81 Å². The van der Waals surface area contributed by atoms with Gasteiger partial charge in [-0.05, 0) is 55.8 Å². The van der Waals surface area contributed by atoms with Crippen molar-refractivity contribution in [3.63, 3.8) is 0 Å². The lowest BCUT2D eigenvalue weighted by molar-refractivity contribution is -0.658.